The van der Waals surface area contributed by atoms with Crippen molar-refractivity contribution in [3.63, 3.8) is 0 Å². The maximum atomic E-state index is 10.8. The summed E-state index contributed by atoms with van der Waals surface area (Å²) in [6, 6.07) is 18.1. The number of methoxy groups -OCH3 is 1. The van der Waals surface area contributed by atoms with Gasteiger partial charge in [0.2, 0.25) is 5.88 Å². The molecule has 4 aromatic rings. The summed E-state index contributed by atoms with van der Waals surface area (Å²) in [5.74, 6) is 0.516. The Kier molecular flexibility index (Phi) is 6.88. The maximum absolute atomic E-state index is 10.8. The second-order valence-corrected chi connectivity index (χ2v) is 7.94. The number of hydrogen-bond acceptors (Lipinski definition) is 5. The number of hydrogen-bond donors (Lipinski definition) is 1. The van der Waals surface area contributed by atoms with Gasteiger partial charge >= 0.3 is 5.97 Å². The van der Waals surface area contributed by atoms with Crippen molar-refractivity contribution < 1.29 is 19.4 Å². The Bertz CT molecular complexity index is 1220. The van der Waals surface area contributed by atoms with Crippen molar-refractivity contribution in [2.45, 2.75) is 38.7 Å². The Balaban J connectivity index is 1.74. The van der Waals surface area contributed by atoms with Crippen molar-refractivity contribution >= 4 is 11.5 Å². The molecular weight excluding hydrogens is 418 g/mol. The average Bonchev–Trinajstić information content (AvgIpc) is 3.23. The summed E-state index contributed by atoms with van der Waals surface area (Å²) in [5.41, 5.74) is 4.88. The standard InChI is InChI=1S/C26H27N3O4/c1-18(8-6-7-11-23(30)31)33-26-25-24(20-12-14-21(32-2)15-13-20)22(16-29(25)28-17-27-26)19-9-4-3-5-10-19/h3-5,9-10,12-18H,6-8,11H2,1-2H3,(H,30,31)/t18-/m1/s1. The molecule has 0 amide bonds. The van der Waals surface area contributed by atoms with Crippen LogP contribution in [-0.4, -0.2) is 38.9 Å². The Morgan fingerprint density at radius 2 is 1.82 bits per heavy atom. The van der Waals surface area contributed by atoms with Crippen LogP contribution in [0.1, 0.15) is 32.6 Å². The van der Waals surface area contributed by atoms with Crippen molar-refractivity contribution in [3.8, 4) is 33.9 Å². The van der Waals surface area contributed by atoms with E-state index in [1.54, 1.807) is 11.6 Å². The van der Waals surface area contributed by atoms with E-state index in [1.165, 1.54) is 6.33 Å². The van der Waals surface area contributed by atoms with Crippen molar-refractivity contribution in [2.75, 3.05) is 7.11 Å². The van der Waals surface area contributed by atoms with Crippen LogP contribution in [0.2, 0.25) is 0 Å². The second kappa shape index (κ2) is 10.2. The van der Waals surface area contributed by atoms with E-state index in [0.29, 0.717) is 12.3 Å². The lowest BCUT2D eigenvalue weighted by Crippen LogP contribution is -2.14. The fourth-order valence-electron chi connectivity index (χ4n) is 3.91. The molecule has 1 N–H and O–H groups in total. The third kappa shape index (κ3) is 5.14. The maximum Gasteiger partial charge on any atom is 0.303 e. The van der Waals surface area contributed by atoms with E-state index in [1.807, 2.05) is 55.6 Å². The number of ether oxygens (including phenoxy) is 2. The SMILES string of the molecule is COc1ccc(-c2c(-c3ccccc3)cn3ncnc(O[C@H](C)CCCCC(=O)O)c23)cc1. The van der Waals surface area contributed by atoms with Crippen LogP contribution in [0.25, 0.3) is 27.8 Å². The van der Waals surface area contributed by atoms with Crippen LogP contribution in [0.15, 0.2) is 67.1 Å². The van der Waals surface area contributed by atoms with Gasteiger partial charge in [0.1, 0.15) is 17.6 Å². The van der Waals surface area contributed by atoms with E-state index in [0.717, 1.165) is 46.4 Å². The summed E-state index contributed by atoms with van der Waals surface area (Å²) in [6.07, 6.45) is 5.69. The number of nitrogens with zero attached hydrogens (tertiary/aromatic N) is 3. The molecule has 0 saturated carbocycles. The molecule has 0 aliphatic carbocycles. The number of aromatic nitrogens is 3. The molecule has 2 aromatic heterocycles. The first kappa shape index (κ1) is 22.3. The first-order valence-corrected chi connectivity index (χ1v) is 11.0. The lowest BCUT2D eigenvalue weighted by atomic mass is 9.97. The monoisotopic (exact) mass is 445 g/mol. The number of unbranched alkanes of at least 4 members (excludes halogenated alkanes) is 1. The van der Waals surface area contributed by atoms with Crippen LogP contribution in [0.4, 0.5) is 0 Å². The first-order valence-electron chi connectivity index (χ1n) is 11.0. The molecule has 2 aromatic carbocycles. The Morgan fingerprint density at radius 3 is 2.52 bits per heavy atom. The highest BCUT2D eigenvalue weighted by Gasteiger charge is 2.21. The zero-order valence-electron chi connectivity index (χ0n) is 18.8. The lowest BCUT2D eigenvalue weighted by Gasteiger charge is -2.15. The first-order chi connectivity index (χ1) is 16.1. The minimum atomic E-state index is -0.771. The number of carboxylic acid groups (broad SMARTS) is 1. The van der Waals surface area contributed by atoms with Gasteiger partial charge in [-0.2, -0.15) is 10.1 Å². The zero-order valence-corrected chi connectivity index (χ0v) is 18.8. The predicted octanol–water partition coefficient (Wildman–Crippen LogP) is 5.48. The molecule has 0 aliphatic rings. The topological polar surface area (TPSA) is 86.0 Å². The predicted molar refractivity (Wildman–Crippen MR) is 127 cm³/mol. The summed E-state index contributed by atoms with van der Waals surface area (Å²) in [7, 11) is 1.65. The smallest absolute Gasteiger partial charge is 0.303 e. The number of benzene rings is 2. The van der Waals surface area contributed by atoms with E-state index in [2.05, 4.69) is 22.2 Å². The van der Waals surface area contributed by atoms with E-state index >= 15 is 0 Å². The molecule has 0 bridgehead atoms. The van der Waals surface area contributed by atoms with Crippen LogP contribution in [0.3, 0.4) is 0 Å². The molecule has 2 heterocycles. The van der Waals surface area contributed by atoms with Gasteiger partial charge in [0, 0.05) is 23.7 Å². The number of carboxylic acids is 1. The molecule has 1 atom stereocenters. The van der Waals surface area contributed by atoms with E-state index in [4.69, 9.17) is 14.6 Å². The molecule has 7 heteroatoms. The Hall–Kier alpha value is -3.87. The van der Waals surface area contributed by atoms with Gasteiger partial charge < -0.3 is 14.6 Å². The largest absolute Gasteiger partial charge is 0.497 e. The fraction of sp³-hybridized carbons (Fsp3) is 0.269. The molecule has 0 unspecified atom stereocenters. The van der Waals surface area contributed by atoms with E-state index < -0.39 is 5.97 Å². The van der Waals surface area contributed by atoms with E-state index in [-0.39, 0.29) is 12.5 Å². The normalized spacial score (nSPS) is 11.9. The quantitative estimate of drug-likeness (QED) is 0.325. The summed E-state index contributed by atoms with van der Waals surface area (Å²) >= 11 is 0. The number of fused-ring (bicyclic) bond motifs is 1. The van der Waals surface area contributed by atoms with Crippen LogP contribution in [-0.2, 0) is 4.79 Å². The zero-order chi connectivity index (χ0) is 23.2. The molecule has 33 heavy (non-hydrogen) atoms. The van der Waals surface area contributed by atoms with Crippen LogP contribution in [0.5, 0.6) is 11.6 Å². The highest BCUT2D eigenvalue weighted by Crippen LogP contribution is 2.40. The molecule has 170 valence electrons. The van der Waals surface area contributed by atoms with Crippen LogP contribution in [0, 0.1) is 0 Å². The van der Waals surface area contributed by atoms with Gasteiger partial charge in [-0.3, -0.25) is 4.79 Å². The van der Waals surface area contributed by atoms with Gasteiger partial charge in [0.25, 0.3) is 0 Å². The number of rotatable bonds is 10. The average molecular weight is 446 g/mol. The Labute approximate surface area is 192 Å². The minimum Gasteiger partial charge on any atom is -0.497 e. The number of aliphatic carboxylic acids is 1. The molecular formula is C26H27N3O4. The summed E-state index contributed by atoms with van der Waals surface area (Å²) < 4.78 is 13.4. The van der Waals surface area contributed by atoms with Gasteiger partial charge in [0.15, 0.2) is 0 Å². The van der Waals surface area contributed by atoms with Crippen molar-refractivity contribution in [2.24, 2.45) is 0 Å². The fourth-order valence-corrected chi connectivity index (χ4v) is 3.91. The lowest BCUT2D eigenvalue weighted by molar-refractivity contribution is -0.137. The Morgan fingerprint density at radius 1 is 1.06 bits per heavy atom. The molecule has 0 aliphatic heterocycles. The molecule has 0 fully saturated rings. The van der Waals surface area contributed by atoms with E-state index in [9.17, 15) is 4.79 Å². The highest BCUT2D eigenvalue weighted by molar-refractivity contribution is 5.96. The third-order valence-electron chi connectivity index (χ3n) is 5.57. The molecule has 0 saturated heterocycles. The van der Waals surface area contributed by atoms with Crippen molar-refractivity contribution in [3.05, 3.63) is 67.1 Å². The number of carbonyl (C=O) groups is 1. The van der Waals surface area contributed by atoms with Gasteiger partial charge in [-0.1, -0.05) is 42.5 Å². The molecule has 7 nitrogen and oxygen atoms in total. The van der Waals surface area contributed by atoms with Gasteiger partial charge in [-0.15, -0.1) is 0 Å². The summed E-state index contributed by atoms with van der Waals surface area (Å²) in [5, 5.41) is 13.3. The highest BCUT2D eigenvalue weighted by atomic mass is 16.5. The second-order valence-electron chi connectivity index (χ2n) is 7.94. The van der Waals surface area contributed by atoms with Gasteiger partial charge in [-0.05, 0) is 49.4 Å². The summed E-state index contributed by atoms with van der Waals surface area (Å²) in [4.78, 5) is 15.2. The molecule has 4 rings (SSSR count). The summed E-state index contributed by atoms with van der Waals surface area (Å²) in [6.45, 7) is 1.98. The van der Waals surface area contributed by atoms with Crippen molar-refractivity contribution in [1.82, 2.24) is 14.6 Å². The minimum absolute atomic E-state index is 0.115. The van der Waals surface area contributed by atoms with Crippen LogP contribution < -0.4 is 9.47 Å². The van der Waals surface area contributed by atoms with Gasteiger partial charge in [0.05, 0.1) is 13.2 Å². The molecule has 0 radical (unpaired) electrons. The van der Waals surface area contributed by atoms with Crippen LogP contribution >= 0.6 is 0 Å². The third-order valence-corrected chi connectivity index (χ3v) is 5.57. The van der Waals surface area contributed by atoms with Crippen molar-refractivity contribution in [1.29, 1.82) is 0 Å². The molecule has 0 spiro atoms. The van der Waals surface area contributed by atoms with Gasteiger partial charge in [-0.25, -0.2) is 4.52 Å².